The zero-order valence-corrected chi connectivity index (χ0v) is 18.9. The van der Waals surface area contributed by atoms with E-state index in [-0.39, 0.29) is 5.91 Å². The molecule has 1 saturated heterocycles. The highest BCUT2D eigenvalue weighted by Crippen LogP contribution is 2.26. The molecule has 166 valence electrons. The average Bonchev–Trinajstić information content (AvgIpc) is 3.38. The van der Waals surface area contributed by atoms with Crippen molar-refractivity contribution in [1.82, 2.24) is 19.6 Å². The number of carbonyl (C=O) groups is 1. The lowest BCUT2D eigenvalue weighted by atomic mass is 10.1. The molecule has 2 aliphatic rings. The van der Waals surface area contributed by atoms with E-state index in [4.69, 9.17) is 4.74 Å². The summed E-state index contributed by atoms with van der Waals surface area (Å²) in [5.41, 5.74) is 6.33. The first kappa shape index (κ1) is 20.8. The fourth-order valence-electron chi connectivity index (χ4n) is 4.78. The van der Waals surface area contributed by atoms with Crippen LogP contribution in [-0.2, 0) is 19.5 Å². The fraction of sp³-hybridized carbons (Fsp3) is 0.385. The van der Waals surface area contributed by atoms with Crippen molar-refractivity contribution in [3.63, 3.8) is 0 Å². The zero-order chi connectivity index (χ0) is 22.1. The number of aryl methyl sites for hydroxylation is 1. The molecule has 0 unspecified atom stereocenters. The van der Waals surface area contributed by atoms with E-state index in [1.807, 2.05) is 41.6 Å². The van der Waals surface area contributed by atoms with E-state index in [1.165, 1.54) is 16.7 Å². The van der Waals surface area contributed by atoms with Crippen molar-refractivity contribution in [1.29, 1.82) is 0 Å². The van der Waals surface area contributed by atoms with Gasteiger partial charge < -0.3 is 9.64 Å². The van der Waals surface area contributed by atoms with E-state index >= 15 is 0 Å². The quantitative estimate of drug-likeness (QED) is 0.622. The van der Waals surface area contributed by atoms with Gasteiger partial charge in [-0.1, -0.05) is 42.5 Å². The van der Waals surface area contributed by atoms with Crippen molar-refractivity contribution < 1.29 is 9.53 Å². The number of amides is 1. The van der Waals surface area contributed by atoms with Crippen LogP contribution in [0.25, 0.3) is 0 Å². The van der Waals surface area contributed by atoms with Crippen LogP contribution in [0.1, 0.15) is 38.4 Å². The minimum absolute atomic E-state index is 0.105. The first-order valence-corrected chi connectivity index (χ1v) is 11.4. The van der Waals surface area contributed by atoms with Crippen LogP contribution in [0, 0.1) is 13.8 Å². The summed E-state index contributed by atoms with van der Waals surface area (Å²) in [6.07, 6.45) is 1.00. The number of aromatic nitrogens is 2. The number of benzene rings is 2. The molecule has 2 aliphatic heterocycles. The normalized spacial score (nSPS) is 16.1. The lowest BCUT2D eigenvalue weighted by Gasteiger charge is -2.35. The van der Waals surface area contributed by atoms with Crippen LogP contribution in [-0.4, -0.2) is 58.3 Å². The van der Waals surface area contributed by atoms with E-state index in [2.05, 4.69) is 40.3 Å². The van der Waals surface area contributed by atoms with Crippen LogP contribution in [0.3, 0.4) is 0 Å². The Labute approximate surface area is 189 Å². The number of piperazine rings is 1. The maximum Gasteiger partial charge on any atom is 0.257 e. The molecule has 0 atom stereocenters. The van der Waals surface area contributed by atoms with Crippen LogP contribution < -0.4 is 4.74 Å². The largest absolute Gasteiger partial charge is 0.493 e. The predicted molar refractivity (Wildman–Crippen MR) is 124 cm³/mol. The minimum Gasteiger partial charge on any atom is -0.493 e. The van der Waals surface area contributed by atoms with Gasteiger partial charge in [0.25, 0.3) is 5.91 Å². The van der Waals surface area contributed by atoms with Crippen molar-refractivity contribution >= 4 is 5.91 Å². The van der Waals surface area contributed by atoms with Gasteiger partial charge in [-0.15, -0.1) is 0 Å². The van der Waals surface area contributed by atoms with Gasteiger partial charge in [0.1, 0.15) is 5.75 Å². The number of carbonyl (C=O) groups excluding carboxylic acids is 1. The van der Waals surface area contributed by atoms with E-state index in [0.29, 0.717) is 6.54 Å². The van der Waals surface area contributed by atoms with Gasteiger partial charge in [0, 0.05) is 44.8 Å². The highest BCUT2D eigenvalue weighted by atomic mass is 16.5. The van der Waals surface area contributed by atoms with Gasteiger partial charge in [0.15, 0.2) is 0 Å². The Morgan fingerprint density at radius 3 is 2.53 bits per heavy atom. The van der Waals surface area contributed by atoms with E-state index < -0.39 is 0 Å². The molecule has 0 radical (unpaired) electrons. The third-order valence-corrected chi connectivity index (χ3v) is 6.59. The molecular weight excluding hydrogens is 400 g/mol. The third-order valence-electron chi connectivity index (χ3n) is 6.59. The van der Waals surface area contributed by atoms with Gasteiger partial charge in [-0.05, 0) is 36.6 Å². The van der Waals surface area contributed by atoms with Gasteiger partial charge in [0.2, 0.25) is 0 Å². The van der Waals surface area contributed by atoms with Crippen molar-refractivity contribution in [3.8, 4) is 5.75 Å². The van der Waals surface area contributed by atoms with E-state index in [0.717, 1.165) is 68.5 Å². The topological polar surface area (TPSA) is 50.6 Å². The Balaban J connectivity index is 1.22. The lowest BCUT2D eigenvalue weighted by Crippen LogP contribution is -2.48. The van der Waals surface area contributed by atoms with Gasteiger partial charge in [0.05, 0.1) is 24.4 Å². The van der Waals surface area contributed by atoms with Gasteiger partial charge in [-0.3, -0.25) is 14.4 Å². The molecule has 1 amide bonds. The highest BCUT2D eigenvalue weighted by Gasteiger charge is 2.27. The summed E-state index contributed by atoms with van der Waals surface area (Å²) in [6.45, 7) is 9.60. The molecule has 3 aromatic rings. The molecule has 2 aromatic carbocycles. The summed E-state index contributed by atoms with van der Waals surface area (Å²) < 4.78 is 7.57. The molecule has 6 nitrogen and oxygen atoms in total. The summed E-state index contributed by atoms with van der Waals surface area (Å²) >= 11 is 0. The van der Waals surface area contributed by atoms with E-state index in [1.54, 1.807) is 0 Å². The molecule has 3 heterocycles. The maximum absolute atomic E-state index is 13.3. The van der Waals surface area contributed by atoms with Crippen LogP contribution in [0.15, 0.2) is 48.5 Å². The maximum atomic E-state index is 13.3. The second-order valence-corrected chi connectivity index (χ2v) is 8.80. The smallest absolute Gasteiger partial charge is 0.257 e. The highest BCUT2D eigenvalue weighted by molar-refractivity contribution is 5.96. The van der Waals surface area contributed by atoms with Crippen molar-refractivity contribution in [2.24, 2.45) is 0 Å². The molecule has 6 heteroatoms. The third kappa shape index (κ3) is 4.15. The first-order valence-electron chi connectivity index (χ1n) is 11.4. The Kier molecular flexibility index (Phi) is 5.70. The Morgan fingerprint density at radius 2 is 1.75 bits per heavy atom. The van der Waals surface area contributed by atoms with Crippen LogP contribution in [0.5, 0.6) is 5.75 Å². The summed E-state index contributed by atoms with van der Waals surface area (Å²) in [5.74, 6) is 1.14. The van der Waals surface area contributed by atoms with Crippen LogP contribution in [0.2, 0.25) is 0 Å². The molecule has 0 N–H and O–H groups in total. The molecule has 0 saturated carbocycles. The molecule has 1 fully saturated rings. The summed E-state index contributed by atoms with van der Waals surface area (Å²) in [5, 5.41) is 4.67. The summed E-state index contributed by atoms with van der Waals surface area (Å²) in [6, 6.07) is 16.8. The fourth-order valence-corrected chi connectivity index (χ4v) is 4.78. The number of nitrogens with zero attached hydrogens (tertiary/aromatic N) is 4. The molecule has 1 aromatic heterocycles. The van der Waals surface area contributed by atoms with Crippen molar-refractivity contribution in [3.05, 3.63) is 82.2 Å². The number of hydrogen-bond acceptors (Lipinski definition) is 4. The lowest BCUT2D eigenvalue weighted by molar-refractivity contribution is 0.0627. The SMILES string of the molecule is Cc1nn(Cc2ccccc2)c(C)c1C(=O)N1CCN(Cc2ccc3c(c2)CCO3)CC1. The van der Waals surface area contributed by atoms with Gasteiger partial charge in [-0.25, -0.2) is 0 Å². The predicted octanol–water partition coefficient (Wildman–Crippen LogP) is 3.44. The summed E-state index contributed by atoms with van der Waals surface area (Å²) in [7, 11) is 0. The first-order chi connectivity index (χ1) is 15.6. The Hall–Kier alpha value is -3.12. The molecule has 0 spiro atoms. The Morgan fingerprint density at radius 1 is 0.969 bits per heavy atom. The monoisotopic (exact) mass is 430 g/mol. The van der Waals surface area contributed by atoms with Crippen LogP contribution in [0.4, 0.5) is 0 Å². The minimum atomic E-state index is 0.105. The standard InChI is InChI=1S/C26H30N4O2/c1-19-25(20(2)30(27-19)18-21-6-4-3-5-7-21)26(31)29-13-11-28(12-14-29)17-22-8-9-24-23(16-22)10-15-32-24/h3-9,16H,10-15,17-18H2,1-2H3. The second-order valence-electron chi connectivity index (χ2n) is 8.80. The van der Waals surface area contributed by atoms with Gasteiger partial charge >= 0.3 is 0 Å². The molecule has 5 rings (SSSR count). The number of fused-ring (bicyclic) bond motifs is 1. The van der Waals surface area contributed by atoms with E-state index in [9.17, 15) is 4.79 Å². The number of rotatable bonds is 5. The van der Waals surface area contributed by atoms with Gasteiger partial charge in [-0.2, -0.15) is 5.10 Å². The second kappa shape index (κ2) is 8.79. The number of hydrogen-bond donors (Lipinski definition) is 0. The molecule has 0 aliphatic carbocycles. The average molecular weight is 431 g/mol. The molecular formula is C26H30N4O2. The van der Waals surface area contributed by atoms with Crippen molar-refractivity contribution in [2.75, 3.05) is 32.8 Å². The van der Waals surface area contributed by atoms with Crippen LogP contribution >= 0.6 is 0 Å². The van der Waals surface area contributed by atoms with Crippen molar-refractivity contribution in [2.45, 2.75) is 33.4 Å². The molecule has 32 heavy (non-hydrogen) atoms. The number of ether oxygens (including phenoxy) is 1. The zero-order valence-electron chi connectivity index (χ0n) is 18.9. The summed E-state index contributed by atoms with van der Waals surface area (Å²) in [4.78, 5) is 17.8. The Bertz CT molecular complexity index is 1110. The molecule has 0 bridgehead atoms.